The van der Waals surface area contributed by atoms with Crippen molar-refractivity contribution in [3.8, 4) is 0 Å². The predicted molar refractivity (Wildman–Crippen MR) is 66.1 cm³/mol. The standard InChI is InChI=1S/C11H15N3O5/c15-8(16)4-2-1-3-5-12-9(17)7-6-13-11(19)14-10(7)18/h6H,1-5H2,(H,12,17)(H,15,16)(H2,13,14,18,19). The molecule has 0 bridgehead atoms. The molecule has 0 atom stereocenters. The second-order valence-corrected chi connectivity index (χ2v) is 3.95. The van der Waals surface area contributed by atoms with E-state index in [0.29, 0.717) is 25.8 Å². The fraction of sp³-hybridized carbons (Fsp3) is 0.455. The second kappa shape index (κ2) is 7.14. The van der Waals surface area contributed by atoms with E-state index >= 15 is 0 Å². The van der Waals surface area contributed by atoms with Gasteiger partial charge in [0.2, 0.25) is 0 Å². The Morgan fingerprint density at radius 2 is 1.95 bits per heavy atom. The summed E-state index contributed by atoms with van der Waals surface area (Å²) in [6.07, 6.45) is 3.01. The number of carbonyl (C=O) groups excluding carboxylic acids is 1. The molecule has 104 valence electrons. The molecule has 0 aliphatic heterocycles. The van der Waals surface area contributed by atoms with E-state index in [2.05, 4.69) is 10.3 Å². The lowest BCUT2D eigenvalue weighted by Crippen LogP contribution is -2.33. The fourth-order valence-corrected chi connectivity index (χ4v) is 1.45. The van der Waals surface area contributed by atoms with Crippen LogP contribution in [0, 0.1) is 0 Å². The Kier molecular flexibility index (Phi) is 5.52. The van der Waals surface area contributed by atoms with Crippen molar-refractivity contribution in [2.45, 2.75) is 25.7 Å². The number of aliphatic carboxylic acids is 1. The van der Waals surface area contributed by atoms with Gasteiger partial charge in [-0.2, -0.15) is 0 Å². The molecular formula is C11H15N3O5. The lowest BCUT2D eigenvalue weighted by Gasteiger charge is -2.03. The first kappa shape index (κ1) is 14.7. The van der Waals surface area contributed by atoms with E-state index in [0.717, 1.165) is 6.20 Å². The molecule has 8 nitrogen and oxygen atoms in total. The van der Waals surface area contributed by atoms with E-state index in [1.54, 1.807) is 0 Å². The number of rotatable bonds is 7. The van der Waals surface area contributed by atoms with Crippen LogP contribution in [0.1, 0.15) is 36.0 Å². The van der Waals surface area contributed by atoms with Gasteiger partial charge in [0, 0.05) is 19.2 Å². The smallest absolute Gasteiger partial charge is 0.325 e. The Bertz CT molecular complexity index is 560. The first-order valence-electron chi connectivity index (χ1n) is 5.82. The second-order valence-electron chi connectivity index (χ2n) is 3.95. The summed E-state index contributed by atoms with van der Waals surface area (Å²) in [5.74, 6) is -1.42. The molecule has 0 fully saturated rings. The minimum Gasteiger partial charge on any atom is -0.481 e. The number of hydrogen-bond donors (Lipinski definition) is 4. The zero-order chi connectivity index (χ0) is 14.3. The van der Waals surface area contributed by atoms with E-state index in [1.165, 1.54) is 0 Å². The van der Waals surface area contributed by atoms with Crippen LogP contribution < -0.4 is 16.6 Å². The van der Waals surface area contributed by atoms with Crippen molar-refractivity contribution < 1.29 is 14.7 Å². The quantitative estimate of drug-likeness (QED) is 0.492. The van der Waals surface area contributed by atoms with Crippen molar-refractivity contribution in [1.82, 2.24) is 15.3 Å². The van der Waals surface area contributed by atoms with Crippen LogP contribution >= 0.6 is 0 Å². The molecule has 0 aromatic carbocycles. The van der Waals surface area contributed by atoms with Crippen LogP contribution in [0.2, 0.25) is 0 Å². The third-order valence-electron chi connectivity index (χ3n) is 2.42. The summed E-state index contributed by atoms with van der Waals surface area (Å²) < 4.78 is 0. The highest BCUT2D eigenvalue weighted by atomic mass is 16.4. The maximum atomic E-state index is 11.6. The summed E-state index contributed by atoms with van der Waals surface area (Å²) in [4.78, 5) is 48.0. The fourth-order valence-electron chi connectivity index (χ4n) is 1.45. The Balaban J connectivity index is 2.34. The van der Waals surface area contributed by atoms with Gasteiger partial charge in [-0.15, -0.1) is 0 Å². The van der Waals surface area contributed by atoms with E-state index in [4.69, 9.17) is 5.11 Å². The lowest BCUT2D eigenvalue weighted by atomic mass is 10.2. The zero-order valence-corrected chi connectivity index (χ0v) is 10.2. The van der Waals surface area contributed by atoms with E-state index < -0.39 is 23.1 Å². The first-order chi connectivity index (χ1) is 9.00. The SMILES string of the molecule is O=C(O)CCCCCNC(=O)c1c[nH]c(=O)[nH]c1=O. The Labute approximate surface area is 107 Å². The number of carboxylic acid groups (broad SMARTS) is 1. The zero-order valence-electron chi connectivity index (χ0n) is 10.2. The molecule has 0 saturated heterocycles. The number of aromatic nitrogens is 2. The van der Waals surface area contributed by atoms with E-state index in [1.807, 2.05) is 4.98 Å². The molecule has 0 radical (unpaired) electrons. The molecule has 1 aromatic heterocycles. The topological polar surface area (TPSA) is 132 Å². The van der Waals surface area contributed by atoms with Gasteiger partial charge in [0.25, 0.3) is 11.5 Å². The molecule has 0 unspecified atom stereocenters. The molecule has 8 heteroatoms. The minimum atomic E-state index is -0.844. The maximum absolute atomic E-state index is 11.6. The molecule has 19 heavy (non-hydrogen) atoms. The highest BCUT2D eigenvalue weighted by Gasteiger charge is 2.09. The van der Waals surface area contributed by atoms with Gasteiger partial charge in [-0.1, -0.05) is 6.42 Å². The lowest BCUT2D eigenvalue weighted by molar-refractivity contribution is -0.137. The molecule has 1 amide bonds. The average Bonchev–Trinajstić information content (AvgIpc) is 2.32. The van der Waals surface area contributed by atoms with Gasteiger partial charge in [-0.25, -0.2) is 4.79 Å². The van der Waals surface area contributed by atoms with Gasteiger partial charge in [-0.3, -0.25) is 19.4 Å². The van der Waals surface area contributed by atoms with E-state index in [-0.39, 0.29) is 12.0 Å². The average molecular weight is 269 g/mol. The molecule has 4 N–H and O–H groups in total. The summed E-state index contributed by atoms with van der Waals surface area (Å²) in [6.45, 7) is 0.344. The summed E-state index contributed by atoms with van der Waals surface area (Å²) in [7, 11) is 0. The summed E-state index contributed by atoms with van der Waals surface area (Å²) in [5.41, 5.74) is -1.58. The van der Waals surface area contributed by atoms with Crippen LogP contribution in [0.5, 0.6) is 0 Å². The molecule has 0 saturated carbocycles. The predicted octanol–water partition coefficient (Wildman–Crippen LogP) is -0.562. The number of H-pyrrole nitrogens is 2. The summed E-state index contributed by atoms with van der Waals surface area (Å²) in [5, 5.41) is 10.9. The molecule has 0 aliphatic rings. The number of aromatic amines is 2. The van der Waals surface area contributed by atoms with Crippen molar-refractivity contribution in [3.63, 3.8) is 0 Å². The van der Waals surface area contributed by atoms with Crippen LogP contribution in [-0.2, 0) is 4.79 Å². The number of unbranched alkanes of at least 4 members (excludes halogenated alkanes) is 2. The Morgan fingerprint density at radius 3 is 2.58 bits per heavy atom. The molecule has 1 aromatic rings. The third kappa shape index (κ3) is 5.19. The number of nitrogens with one attached hydrogen (secondary N) is 3. The molecule has 1 heterocycles. The van der Waals surface area contributed by atoms with Gasteiger partial charge < -0.3 is 15.4 Å². The third-order valence-corrected chi connectivity index (χ3v) is 2.42. The molecule has 1 rings (SSSR count). The van der Waals surface area contributed by atoms with Gasteiger partial charge in [0.1, 0.15) is 5.56 Å². The Morgan fingerprint density at radius 1 is 1.21 bits per heavy atom. The number of carboxylic acids is 1. The maximum Gasteiger partial charge on any atom is 0.325 e. The van der Waals surface area contributed by atoms with Crippen molar-refractivity contribution in [3.05, 3.63) is 32.6 Å². The number of amides is 1. The van der Waals surface area contributed by atoms with Gasteiger partial charge >= 0.3 is 11.7 Å². The van der Waals surface area contributed by atoms with Crippen LogP contribution in [0.15, 0.2) is 15.8 Å². The molecule has 0 spiro atoms. The number of hydrogen-bond acceptors (Lipinski definition) is 4. The van der Waals surface area contributed by atoms with E-state index in [9.17, 15) is 19.2 Å². The highest BCUT2D eigenvalue weighted by Crippen LogP contribution is 1.98. The number of carbonyl (C=O) groups is 2. The van der Waals surface area contributed by atoms with Crippen molar-refractivity contribution in [2.75, 3.05) is 6.54 Å². The van der Waals surface area contributed by atoms with Crippen molar-refractivity contribution >= 4 is 11.9 Å². The highest BCUT2D eigenvalue weighted by molar-refractivity contribution is 5.93. The van der Waals surface area contributed by atoms with Gasteiger partial charge in [-0.05, 0) is 12.8 Å². The summed E-state index contributed by atoms with van der Waals surface area (Å²) in [6, 6.07) is 0. The van der Waals surface area contributed by atoms with Gasteiger partial charge in [0.15, 0.2) is 0 Å². The molecule has 0 aliphatic carbocycles. The normalized spacial score (nSPS) is 10.1. The van der Waals surface area contributed by atoms with Crippen LogP contribution in [0.25, 0.3) is 0 Å². The van der Waals surface area contributed by atoms with Crippen LogP contribution in [-0.4, -0.2) is 33.5 Å². The molecular weight excluding hydrogens is 254 g/mol. The van der Waals surface area contributed by atoms with Gasteiger partial charge in [0.05, 0.1) is 0 Å². The monoisotopic (exact) mass is 269 g/mol. The first-order valence-corrected chi connectivity index (χ1v) is 5.82. The minimum absolute atomic E-state index is 0.105. The van der Waals surface area contributed by atoms with Crippen LogP contribution in [0.4, 0.5) is 0 Å². The Hall–Kier alpha value is -2.38. The largest absolute Gasteiger partial charge is 0.481 e. The van der Waals surface area contributed by atoms with Crippen molar-refractivity contribution in [2.24, 2.45) is 0 Å². The summed E-state index contributed by atoms with van der Waals surface area (Å²) >= 11 is 0. The van der Waals surface area contributed by atoms with Crippen LogP contribution in [0.3, 0.4) is 0 Å². The van der Waals surface area contributed by atoms with Crippen molar-refractivity contribution in [1.29, 1.82) is 0 Å².